The average Bonchev–Trinajstić information content (AvgIpc) is 2.46. The zero-order valence-electron chi connectivity index (χ0n) is 13.1. The molecule has 112 valence electrons. The molecule has 0 aromatic carbocycles. The van der Waals surface area contributed by atoms with Crippen molar-refractivity contribution < 1.29 is 0 Å². The van der Waals surface area contributed by atoms with E-state index in [1.54, 1.807) is 0 Å². The molecule has 1 N–H and O–H groups in total. The highest BCUT2D eigenvalue weighted by Gasteiger charge is 2.32. The molecule has 0 atom stereocenters. The quantitative estimate of drug-likeness (QED) is 0.831. The zero-order chi connectivity index (χ0) is 13.7. The minimum absolute atomic E-state index is 0.549. The Bertz CT molecular complexity index is 253. The van der Waals surface area contributed by atoms with Crippen molar-refractivity contribution in [3.8, 4) is 0 Å². The molecule has 2 aliphatic rings. The van der Waals surface area contributed by atoms with Gasteiger partial charge in [0, 0.05) is 23.4 Å². The molecule has 2 nitrogen and oxygen atoms in total. The van der Waals surface area contributed by atoms with Crippen LogP contribution in [0.4, 0.5) is 0 Å². The third-order valence-corrected chi connectivity index (χ3v) is 6.59. The fourth-order valence-electron chi connectivity index (χ4n) is 3.60. The Hall–Kier alpha value is 0.270. The molecule has 0 spiro atoms. The fourth-order valence-corrected chi connectivity index (χ4v) is 4.52. The third kappa shape index (κ3) is 4.37. The van der Waals surface area contributed by atoms with Crippen LogP contribution in [0.3, 0.4) is 0 Å². The molecule has 1 heterocycles. The Morgan fingerprint density at radius 2 is 1.79 bits per heavy atom. The van der Waals surface area contributed by atoms with Crippen molar-refractivity contribution in [2.24, 2.45) is 0 Å². The van der Waals surface area contributed by atoms with Crippen LogP contribution in [0.25, 0.3) is 0 Å². The second kappa shape index (κ2) is 7.33. The third-order valence-electron chi connectivity index (χ3n) is 5.17. The molecular weight excluding hydrogens is 252 g/mol. The van der Waals surface area contributed by atoms with Crippen molar-refractivity contribution in [2.75, 3.05) is 25.9 Å². The maximum atomic E-state index is 3.90. The van der Waals surface area contributed by atoms with Gasteiger partial charge in [-0.05, 0) is 58.9 Å². The number of hydrogen-bond acceptors (Lipinski definition) is 3. The topological polar surface area (TPSA) is 15.3 Å². The first-order valence-electron chi connectivity index (χ1n) is 8.18. The first-order valence-corrected chi connectivity index (χ1v) is 9.40. The van der Waals surface area contributed by atoms with Crippen LogP contribution in [0.1, 0.15) is 58.8 Å². The molecule has 1 saturated carbocycles. The van der Waals surface area contributed by atoms with Crippen LogP contribution in [0.5, 0.6) is 0 Å². The molecule has 19 heavy (non-hydrogen) atoms. The summed E-state index contributed by atoms with van der Waals surface area (Å²) in [5.74, 6) is 0. The van der Waals surface area contributed by atoms with Crippen molar-refractivity contribution in [3.05, 3.63) is 0 Å². The molecule has 2 fully saturated rings. The normalized spacial score (nSPS) is 25.9. The van der Waals surface area contributed by atoms with E-state index in [-0.39, 0.29) is 0 Å². The Balaban J connectivity index is 1.73. The standard InChI is InChI=1S/C16H32N2S/c1-14(2)18-11-7-15(8-12-18)17-13-16(19-3)9-5-4-6-10-16/h14-15,17H,4-13H2,1-3H3. The summed E-state index contributed by atoms with van der Waals surface area (Å²) >= 11 is 2.11. The second-order valence-electron chi connectivity index (χ2n) is 6.73. The van der Waals surface area contributed by atoms with Gasteiger partial charge in [0.15, 0.2) is 0 Å². The van der Waals surface area contributed by atoms with Crippen LogP contribution >= 0.6 is 11.8 Å². The van der Waals surface area contributed by atoms with Gasteiger partial charge in [0.1, 0.15) is 0 Å². The monoisotopic (exact) mass is 284 g/mol. The van der Waals surface area contributed by atoms with Gasteiger partial charge in [-0.2, -0.15) is 11.8 Å². The van der Waals surface area contributed by atoms with E-state index in [0.717, 1.165) is 12.1 Å². The summed E-state index contributed by atoms with van der Waals surface area (Å²) in [7, 11) is 0. The van der Waals surface area contributed by atoms with Crippen LogP contribution in [0, 0.1) is 0 Å². The molecule has 2 rings (SSSR count). The summed E-state index contributed by atoms with van der Waals surface area (Å²) in [6.45, 7) is 8.43. The van der Waals surface area contributed by atoms with Gasteiger partial charge >= 0.3 is 0 Å². The highest BCUT2D eigenvalue weighted by molar-refractivity contribution is 8.00. The highest BCUT2D eigenvalue weighted by Crippen LogP contribution is 2.38. The fraction of sp³-hybridized carbons (Fsp3) is 1.00. The first kappa shape index (κ1) is 15.7. The Kier molecular flexibility index (Phi) is 6.04. The van der Waals surface area contributed by atoms with E-state index >= 15 is 0 Å². The average molecular weight is 285 g/mol. The molecule has 1 aliphatic heterocycles. The van der Waals surface area contributed by atoms with Gasteiger partial charge in [-0.1, -0.05) is 19.3 Å². The summed E-state index contributed by atoms with van der Waals surface area (Å²) in [6, 6.07) is 1.48. The lowest BCUT2D eigenvalue weighted by molar-refractivity contribution is 0.159. The number of likely N-dealkylation sites (tertiary alicyclic amines) is 1. The van der Waals surface area contributed by atoms with Gasteiger partial charge in [-0.25, -0.2) is 0 Å². The molecule has 0 aromatic rings. The summed E-state index contributed by atoms with van der Waals surface area (Å²) < 4.78 is 0.549. The van der Waals surface area contributed by atoms with Crippen LogP contribution in [0.2, 0.25) is 0 Å². The van der Waals surface area contributed by atoms with E-state index in [9.17, 15) is 0 Å². The summed E-state index contributed by atoms with van der Waals surface area (Å²) in [4.78, 5) is 2.61. The van der Waals surface area contributed by atoms with Gasteiger partial charge < -0.3 is 10.2 Å². The molecule has 0 aromatic heterocycles. The summed E-state index contributed by atoms with van der Waals surface area (Å²) in [5, 5.41) is 3.90. The highest BCUT2D eigenvalue weighted by atomic mass is 32.2. The predicted molar refractivity (Wildman–Crippen MR) is 87.1 cm³/mol. The lowest BCUT2D eigenvalue weighted by Crippen LogP contribution is -2.49. The van der Waals surface area contributed by atoms with Crippen LogP contribution in [0.15, 0.2) is 0 Å². The van der Waals surface area contributed by atoms with Gasteiger partial charge in [0.2, 0.25) is 0 Å². The van der Waals surface area contributed by atoms with Crippen molar-refractivity contribution in [2.45, 2.75) is 75.6 Å². The van der Waals surface area contributed by atoms with E-state index in [4.69, 9.17) is 0 Å². The summed E-state index contributed by atoms with van der Waals surface area (Å²) in [5.41, 5.74) is 0. The molecule has 0 amide bonds. The van der Waals surface area contributed by atoms with Crippen molar-refractivity contribution in [1.82, 2.24) is 10.2 Å². The molecule has 0 unspecified atom stereocenters. The molecule has 3 heteroatoms. The first-order chi connectivity index (χ1) is 9.15. The van der Waals surface area contributed by atoms with Crippen LogP contribution < -0.4 is 5.32 Å². The van der Waals surface area contributed by atoms with E-state index in [1.807, 2.05) is 0 Å². The van der Waals surface area contributed by atoms with E-state index in [2.05, 4.69) is 42.1 Å². The smallest absolute Gasteiger partial charge is 0.0281 e. The van der Waals surface area contributed by atoms with Gasteiger partial charge in [-0.3, -0.25) is 0 Å². The minimum atomic E-state index is 0.549. The van der Waals surface area contributed by atoms with Crippen molar-refractivity contribution in [3.63, 3.8) is 0 Å². The minimum Gasteiger partial charge on any atom is -0.313 e. The van der Waals surface area contributed by atoms with Crippen LogP contribution in [-0.2, 0) is 0 Å². The molecule has 0 radical (unpaired) electrons. The van der Waals surface area contributed by atoms with E-state index in [1.165, 1.54) is 64.6 Å². The Morgan fingerprint density at radius 1 is 1.16 bits per heavy atom. The van der Waals surface area contributed by atoms with Gasteiger partial charge in [0.25, 0.3) is 0 Å². The number of nitrogens with one attached hydrogen (secondary N) is 1. The SMILES string of the molecule is CSC1(CNC2CCN(C(C)C)CC2)CCCCC1. The van der Waals surface area contributed by atoms with Crippen molar-refractivity contribution in [1.29, 1.82) is 0 Å². The number of piperidine rings is 1. The lowest BCUT2D eigenvalue weighted by atomic mass is 9.87. The van der Waals surface area contributed by atoms with E-state index < -0.39 is 0 Å². The Morgan fingerprint density at radius 3 is 2.32 bits per heavy atom. The molecule has 0 bridgehead atoms. The number of thioether (sulfide) groups is 1. The Labute approximate surface area is 124 Å². The molecule has 1 aliphatic carbocycles. The van der Waals surface area contributed by atoms with Gasteiger partial charge in [0.05, 0.1) is 0 Å². The zero-order valence-corrected chi connectivity index (χ0v) is 13.9. The van der Waals surface area contributed by atoms with Crippen LogP contribution in [-0.4, -0.2) is 47.6 Å². The maximum Gasteiger partial charge on any atom is 0.0281 e. The number of rotatable bonds is 5. The maximum absolute atomic E-state index is 3.90. The second-order valence-corrected chi connectivity index (χ2v) is 8.01. The summed E-state index contributed by atoms with van der Waals surface area (Å²) in [6.07, 6.45) is 12.2. The van der Waals surface area contributed by atoms with Gasteiger partial charge in [-0.15, -0.1) is 0 Å². The largest absolute Gasteiger partial charge is 0.313 e. The lowest BCUT2D eigenvalue weighted by Gasteiger charge is -2.39. The number of nitrogens with zero attached hydrogens (tertiary/aromatic N) is 1. The molecular formula is C16H32N2S. The molecule has 1 saturated heterocycles. The van der Waals surface area contributed by atoms with Crippen molar-refractivity contribution >= 4 is 11.8 Å². The van der Waals surface area contributed by atoms with E-state index in [0.29, 0.717) is 4.75 Å². The number of hydrogen-bond donors (Lipinski definition) is 1. The predicted octanol–water partition coefficient (Wildman–Crippen LogP) is 3.51.